The zero-order valence-electron chi connectivity index (χ0n) is 17.5. The van der Waals surface area contributed by atoms with E-state index < -0.39 is 0 Å². The number of benzene rings is 1. The summed E-state index contributed by atoms with van der Waals surface area (Å²) in [4.78, 5) is 27.1. The van der Waals surface area contributed by atoms with Crippen LogP contribution in [0.15, 0.2) is 36.7 Å². The predicted molar refractivity (Wildman–Crippen MR) is 113 cm³/mol. The van der Waals surface area contributed by atoms with Gasteiger partial charge >= 0.3 is 0 Å². The molecule has 2 heterocycles. The number of halogens is 1. The number of nitrogens with zero attached hydrogens (tertiary/aromatic N) is 3. The van der Waals surface area contributed by atoms with E-state index in [0.29, 0.717) is 30.8 Å². The van der Waals surface area contributed by atoms with Crippen LogP contribution in [0, 0.1) is 5.92 Å². The van der Waals surface area contributed by atoms with Crippen molar-refractivity contribution in [3.63, 3.8) is 0 Å². The molecule has 7 heteroatoms. The molecule has 6 nitrogen and oxygen atoms in total. The summed E-state index contributed by atoms with van der Waals surface area (Å²) in [6, 6.07) is 7.44. The Kier molecular flexibility index (Phi) is 6.32. The standard InChI is InChI=1S/C22H29ClN4O2/c1-22(2,3)27-20(29)11-16(21(27)17-13-25-26(4)14-17)12-24-19(28)10-7-15-5-8-18(23)9-6-15/h5-6,8-9,13-14,16,21H,7,10-12H2,1-4H3,(H,24,28)/t16-,21+/m0/s1. The fraction of sp³-hybridized carbons (Fsp3) is 0.500. The first-order valence-electron chi connectivity index (χ1n) is 9.97. The van der Waals surface area contributed by atoms with Crippen LogP contribution in [-0.4, -0.2) is 38.6 Å². The van der Waals surface area contributed by atoms with Gasteiger partial charge in [0.15, 0.2) is 0 Å². The Balaban J connectivity index is 1.64. The molecule has 29 heavy (non-hydrogen) atoms. The van der Waals surface area contributed by atoms with Crippen LogP contribution in [0.5, 0.6) is 0 Å². The van der Waals surface area contributed by atoms with E-state index in [-0.39, 0.29) is 29.3 Å². The fourth-order valence-corrected chi connectivity index (χ4v) is 4.16. The molecule has 1 aromatic carbocycles. The molecule has 0 bridgehead atoms. The van der Waals surface area contributed by atoms with Crippen molar-refractivity contribution in [1.29, 1.82) is 0 Å². The number of aromatic nitrogens is 2. The van der Waals surface area contributed by atoms with Crippen LogP contribution in [-0.2, 0) is 23.1 Å². The van der Waals surface area contributed by atoms with Crippen molar-refractivity contribution in [3.8, 4) is 0 Å². The largest absolute Gasteiger partial charge is 0.356 e. The van der Waals surface area contributed by atoms with E-state index in [1.54, 1.807) is 4.68 Å². The quantitative estimate of drug-likeness (QED) is 0.783. The van der Waals surface area contributed by atoms with Gasteiger partial charge in [0.25, 0.3) is 0 Å². The third-order valence-electron chi connectivity index (χ3n) is 5.33. The molecule has 2 amide bonds. The summed E-state index contributed by atoms with van der Waals surface area (Å²) < 4.78 is 1.75. The van der Waals surface area contributed by atoms with Crippen LogP contribution < -0.4 is 5.32 Å². The third kappa shape index (κ3) is 5.18. The highest BCUT2D eigenvalue weighted by Crippen LogP contribution is 2.42. The maximum atomic E-state index is 12.8. The van der Waals surface area contributed by atoms with Crippen LogP contribution in [0.3, 0.4) is 0 Å². The van der Waals surface area contributed by atoms with E-state index in [1.807, 2.05) is 69.4 Å². The summed E-state index contributed by atoms with van der Waals surface area (Å²) in [5.41, 5.74) is 1.78. The van der Waals surface area contributed by atoms with Gasteiger partial charge in [-0.05, 0) is 44.9 Å². The van der Waals surface area contributed by atoms with Gasteiger partial charge in [-0.1, -0.05) is 23.7 Å². The predicted octanol–water partition coefficient (Wildman–Crippen LogP) is 3.51. The van der Waals surface area contributed by atoms with Crippen LogP contribution in [0.25, 0.3) is 0 Å². The highest BCUT2D eigenvalue weighted by molar-refractivity contribution is 6.30. The molecule has 0 radical (unpaired) electrons. The molecule has 2 atom stereocenters. The monoisotopic (exact) mass is 416 g/mol. The number of aryl methyl sites for hydroxylation is 2. The Labute approximate surface area is 177 Å². The van der Waals surface area contributed by atoms with Crippen molar-refractivity contribution < 1.29 is 9.59 Å². The lowest BCUT2D eigenvalue weighted by molar-refractivity contribution is -0.133. The minimum absolute atomic E-state index is 0.00783. The first-order valence-corrected chi connectivity index (χ1v) is 10.3. The summed E-state index contributed by atoms with van der Waals surface area (Å²) in [5.74, 6) is 0.128. The lowest BCUT2D eigenvalue weighted by Crippen LogP contribution is -2.44. The van der Waals surface area contributed by atoms with Crippen LogP contribution in [0.1, 0.15) is 50.8 Å². The molecular weight excluding hydrogens is 388 g/mol. The summed E-state index contributed by atoms with van der Waals surface area (Å²) in [6.07, 6.45) is 5.26. The summed E-state index contributed by atoms with van der Waals surface area (Å²) in [6.45, 7) is 6.60. The van der Waals surface area contributed by atoms with Gasteiger partial charge in [-0.15, -0.1) is 0 Å². The number of hydrogen-bond donors (Lipinski definition) is 1. The maximum Gasteiger partial charge on any atom is 0.223 e. The van der Waals surface area contributed by atoms with Crippen molar-refractivity contribution in [3.05, 3.63) is 52.8 Å². The second-order valence-electron chi connectivity index (χ2n) is 8.72. The minimum Gasteiger partial charge on any atom is -0.356 e. The minimum atomic E-state index is -0.301. The lowest BCUT2D eigenvalue weighted by Gasteiger charge is -2.38. The number of carbonyl (C=O) groups excluding carboxylic acids is 2. The van der Waals surface area contributed by atoms with E-state index in [4.69, 9.17) is 11.6 Å². The molecule has 1 N–H and O–H groups in total. The SMILES string of the molecule is Cn1cc([C@H]2[C@H](CNC(=O)CCc3ccc(Cl)cc3)CC(=O)N2C(C)(C)C)cn1. The number of nitrogens with one attached hydrogen (secondary N) is 1. The Morgan fingerprint density at radius 2 is 1.97 bits per heavy atom. The highest BCUT2D eigenvalue weighted by atomic mass is 35.5. The van der Waals surface area contributed by atoms with Crippen molar-refractivity contribution in [1.82, 2.24) is 20.0 Å². The normalized spacial score (nSPS) is 19.6. The topological polar surface area (TPSA) is 67.2 Å². The molecule has 1 aromatic heterocycles. The third-order valence-corrected chi connectivity index (χ3v) is 5.59. The molecule has 0 saturated carbocycles. The first-order chi connectivity index (χ1) is 13.6. The number of carbonyl (C=O) groups is 2. The Hall–Kier alpha value is -2.34. The smallest absolute Gasteiger partial charge is 0.223 e. The summed E-state index contributed by atoms with van der Waals surface area (Å²) >= 11 is 5.90. The average molecular weight is 417 g/mol. The van der Waals surface area contributed by atoms with E-state index in [9.17, 15) is 9.59 Å². The van der Waals surface area contributed by atoms with Crippen molar-refractivity contribution in [2.75, 3.05) is 6.54 Å². The van der Waals surface area contributed by atoms with Gasteiger partial charge in [0.1, 0.15) is 0 Å². The highest BCUT2D eigenvalue weighted by Gasteiger charge is 2.45. The molecular formula is C22H29ClN4O2. The van der Waals surface area contributed by atoms with Crippen LogP contribution in [0.2, 0.25) is 5.02 Å². The van der Waals surface area contributed by atoms with E-state index >= 15 is 0 Å². The van der Waals surface area contributed by atoms with Crippen molar-refractivity contribution >= 4 is 23.4 Å². The number of hydrogen-bond acceptors (Lipinski definition) is 3. The molecule has 0 spiro atoms. The van der Waals surface area contributed by atoms with Gasteiger partial charge in [-0.2, -0.15) is 5.10 Å². The Morgan fingerprint density at radius 3 is 2.55 bits per heavy atom. The number of likely N-dealkylation sites (tertiary alicyclic amines) is 1. The first kappa shape index (κ1) is 21.4. The fourth-order valence-electron chi connectivity index (χ4n) is 4.03. The van der Waals surface area contributed by atoms with Crippen LogP contribution in [0.4, 0.5) is 0 Å². The molecule has 2 aromatic rings. The van der Waals surface area contributed by atoms with Gasteiger partial charge in [-0.25, -0.2) is 0 Å². The zero-order chi connectivity index (χ0) is 21.2. The van der Waals surface area contributed by atoms with Gasteiger partial charge < -0.3 is 10.2 Å². The molecule has 156 valence electrons. The van der Waals surface area contributed by atoms with Crippen LogP contribution >= 0.6 is 11.6 Å². The van der Waals surface area contributed by atoms with Crippen molar-refractivity contribution in [2.45, 2.75) is 51.6 Å². The number of amides is 2. The van der Waals surface area contributed by atoms with E-state index in [2.05, 4.69) is 10.4 Å². The second kappa shape index (κ2) is 8.57. The van der Waals surface area contributed by atoms with Gasteiger partial charge in [0, 0.05) is 54.7 Å². The lowest BCUT2D eigenvalue weighted by atomic mass is 9.93. The molecule has 1 aliphatic rings. The molecule has 1 saturated heterocycles. The van der Waals surface area contributed by atoms with Gasteiger partial charge in [0.2, 0.25) is 11.8 Å². The van der Waals surface area contributed by atoms with Crippen molar-refractivity contribution in [2.24, 2.45) is 13.0 Å². The molecule has 1 fully saturated rings. The van der Waals surface area contributed by atoms with Gasteiger partial charge in [0.05, 0.1) is 12.2 Å². The summed E-state index contributed by atoms with van der Waals surface area (Å²) in [5, 5.41) is 8.01. The molecule has 1 aliphatic heterocycles. The molecule has 0 aliphatic carbocycles. The second-order valence-corrected chi connectivity index (χ2v) is 9.16. The number of rotatable bonds is 6. The van der Waals surface area contributed by atoms with Gasteiger partial charge in [-0.3, -0.25) is 14.3 Å². The Morgan fingerprint density at radius 1 is 1.28 bits per heavy atom. The molecule has 0 unspecified atom stereocenters. The van der Waals surface area contributed by atoms with E-state index in [0.717, 1.165) is 11.1 Å². The average Bonchev–Trinajstić information content (AvgIpc) is 3.21. The summed E-state index contributed by atoms with van der Waals surface area (Å²) in [7, 11) is 1.87. The molecule has 3 rings (SSSR count). The Bertz CT molecular complexity index is 870. The zero-order valence-corrected chi connectivity index (χ0v) is 18.2. The maximum absolute atomic E-state index is 12.8. The van der Waals surface area contributed by atoms with E-state index in [1.165, 1.54) is 0 Å².